The third-order valence-corrected chi connectivity index (χ3v) is 2.79. The molecule has 0 bridgehead atoms. The summed E-state index contributed by atoms with van der Waals surface area (Å²) in [6.45, 7) is 3.80. The minimum absolute atomic E-state index is 0.291. The van der Waals surface area contributed by atoms with Gasteiger partial charge in [-0.2, -0.15) is 4.98 Å². The number of aromatic nitrogens is 2. The van der Waals surface area contributed by atoms with Gasteiger partial charge in [0.25, 0.3) is 5.89 Å². The largest absolute Gasteiger partial charge is 0.385 e. The Morgan fingerprint density at radius 2 is 2.24 bits per heavy atom. The first kappa shape index (κ1) is 12.1. The molecule has 17 heavy (non-hydrogen) atoms. The molecule has 0 aliphatic rings. The Kier molecular flexibility index (Phi) is 3.45. The van der Waals surface area contributed by atoms with Gasteiger partial charge in [0.05, 0.1) is 10.6 Å². The summed E-state index contributed by atoms with van der Waals surface area (Å²) in [6.07, 6.45) is -0.155. The highest BCUT2D eigenvalue weighted by Gasteiger charge is 2.16. The second-order valence-electron chi connectivity index (χ2n) is 3.87. The van der Waals surface area contributed by atoms with Crippen molar-refractivity contribution in [2.45, 2.75) is 26.4 Å². The molecule has 0 saturated heterocycles. The molecule has 1 atom stereocenters. The van der Waals surface area contributed by atoms with Crippen LogP contribution in [0, 0.1) is 6.92 Å². The molecule has 0 aliphatic carbocycles. The molecule has 0 fully saturated rings. The number of aliphatic hydroxyl groups excluding tert-OH is 1. The maximum absolute atomic E-state index is 9.58. The topological polar surface area (TPSA) is 59.2 Å². The molecular weight excluding hydrogens is 240 g/mol. The van der Waals surface area contributed by atoms with Gasteiger partial charge in [-0.1, -0.05) is 29.7 Å². The Bertz CT molecular complexity index is 525. The van der Waals surface area contributed by atoms with Crippen LogP contribution in [0.4, 0.5) is 0 Å². The van der Waals surface area contributed by atoms with E-state index in [1.807, 2.05) is 32.0 Å². The van der Waals surface area contributed by atoms with Crippen molar-refractivity contribution >= 4 is 11.6 Å². The molecule has 90 valence electrons. The lowest BCUT2D eigenvalue weighted by atomic mass is 10.1. The number of benzene rings is 1. The summed E-state index contributed by atoms with van der Waals surface area (Å²) in [5, 5.41) is 13.9. The minimum Gasteiger partial charge on any atom is -0.385 e. The lowest BCUT2D eigenvalue weighted by molar-refractivity contribution is 0.159. The zero-order valence-electron chi connectivity index (χ0n) is 9.64. The van der Waals surface area contributed by atoms with E-state index in [-0.39, 0.29) is 0 Å². The second kappa shape index (κ2) is 4.85. The van der Waals surface area contributed by atoms with Gasteiger partial charge in [-0.05, 0) is 31.0 Å². The van der Waals surface area contributed by atoms with Crippen molar-refractivity contribution in [3.05, 3.63) is 34.6 Å². The Labute approximate surface area is 104 Å². The average Bonchev–Trinajstić information content (AvgIpc) is 2.77. The van der Waals surface area contributed by atoms with Crippen LogP contribution in [-0.2, 0) is 0 Å². The molecule has 0 aliphatic heterocycles. The number of halogens is 1. The summed E-state index contributed by atoms with van der Waals surface area (Å²) >= 11 is 6.10. The number of rotatable bonds is 3. The van der Waals surface area contributed by atoms with Crippen molar-refractivity contribution in [3.8, 4) is 11.5 Å². The second-order valence-corrected chi connectivity index (χ2v) is 4.27. The van der Waals surface area contributed by atoms with E-state index in [1.165, 1.54) is 0 Å². The van der Waals surface area contributed by atoms with Crippen LogP contribution < -0.4 is 0 Å². The van der Waals surface area contributed by atoms with Crippen LogP contribution in [0.1, 0.15) is 30.8 Å². The minimum atomic E-state index is -0.697. The summed E-state index contributed by atoms with van der Waals surface area (Å²) in [6, 6.07) is 5.58. The molecule has 1 unspecified atom stereocenters. The third-order valence-electron chi connectivity index (χ3n) is 2.48. The fourth-order valence-corrected chi connectivity index (χ4v) is 1.77. The van der Waals surface area contributed by atoms with Crippen LogP contribution in [0.2, 0.25) is 5.02 Å². The predicted octanol–water partition coefficient (Wildman–Crippen LogP) is 3.14. The van der Waals surface area contributed by atoms with Gasteiger partial charge in [-0.15, -0.1) is 0 Å². The molecule has 2 aromatic rings. The van der Waals surface area contributed by atoms with Gasteiger partial charge in [-0.25, -0.2) is 0 Å². The van der Waals surface area contributed by atoms with Gasteiger partial charge in [0, 0.05) is 0 Å². The molecule has 1 N–H and O–H groups in total. The maximum atomic E-state index is 9.58. The van der Waals surface area contributed by atoms with Gasteiger partial charge >= 0.3 is 0 Å². The number of aryl methyl sites for hydroxylation is 1. The summed E-state index contributed by atoms with van der Waals surface area (Å²) in [5.74, 6) is 0.622. The van der Waals surface area contributed by atoms with Crippen LogP contribution in [0.3, 0.4) is 0 Å². The Morgan fingerprint density at radius 1 is 1.47 bits per heavy atom. The van der Waals surface area contributed by atoms with E-state index in [0.717, 1.165) is 5.56 Å². The van der Waals surface area contributed by atoms with Gasteiger partial charge < -0.3 is 9.63 Å². The third kappa shape index (κ3) is 2.48. The zero-order chi connectivity index (χ0) is 12.4. The van der Waals surface area contributed by atoms with Gasteiger partial charge in [-0.3, -0.25) is 0 Å². The normalized spacial score (nSPS) is 12.7. The van der Waals surface area contributed by atoms with Gasteiger partial charge in [0.15, 0.2) is 0 Å². The molecule has 0 amide bonds. The number of aliphatic hydroxyl groups is 1. The predicted molar refractivity (Wildman–Crippen MR) is 64.7 cm³/mol. The first-order valence-corrected chi connectivity index (χ1v) is 5.77. The number of nitrogens with zero attached hydrogens (tertiary/aromatic N) is 2. The highest BCUT2D eigenvalue weighted by atomic mass is 35.5. The van der Waals surface area contributed by atoms with Crippen molar-refractivity contribution in [2.75, 3.05) is 0 Å². The Morgan fingerprint density at radius 3 is 2.88 bits per heavy atom. The van der Waals surface area contributed by atoms with Crippen molar-refractivity contribution in [1.82, 2.24) is 10.1 Å². The van der Waals surface area contributed by atoms with Gasteiger partial charge in [0.1, 0.15) is 6.10 Å². The molecule has 1 heterocycles. The van der Waals surface area contributed by atoms with Crippen LogP contribution in [0.25, 0.3) is 11.5 Å². The first-order valence-electron chi connectivity index (χ1n) is 5.40. The van der Waals surface area contributed by atoms with Crippen molar-refractivity contribution in [1.29, 1.82) is 0 Å². The van der Waals surface area contributed by atoms with Crippen molar-refractivity contribution < 1.29 is 9.63 Å². The molecule has 5 heteroatoms. The fourth-order valence-electron chi connectivity index (χ4n) is 1.46. The molecular formula is C12H13ClN2O2. The van der Waals surface area contributed by atoms with E-state index in [9.17, 15) is 5.11 Å². The van der Waals surface area contributed by atoms with Crippen molar-refractivity contribution in [2.24, 2.45) is 0 Å². The van der Waals surface area contributed by atoms with Crippen LogP contribution in [-0.4, -0.2) is 15.2 Å². The SMILES string of the molecule is CCC(O)c1noc(-c2ccc(C)cc2Cl)n1. The van der Waals surface area contributed by atoms with Gasteiger partial charge in [0.2, 0.25) is 5.82 Å². The molecule has 4 nitrogen and oxygen atoms in total. The van der Waals surface area contributed by atoms with E-state index in [4.69, 9.17) is 16.1 Å². The van der Waals surface area contributed by atoms with Crippen LogP contribution >= 0.6 is 11.6 Å². The Balaban J connectivity index is 2.37. The van der Waals surface area contributed by atoms with E-state index in [0.29, 0.717) is 28.7 Å². The van der Waals surface area contributed by atoms with E-state index >= 15 is 0 Å². The lowest BCUT2D eigenvalue weighted by Crippen LogP contribution is -1.97. The first-order chi connectivity index (χ1) is 8.11. The van der Waals surface area contributed by atoms with Crippen LogP contribution in [0.15, 0.2) is 22.7 Å². The summed E-state index contributed by atoms with van der Waals surface area (Å²) < 4.78 is 5.09. The zero-order valence-corrected chi connectivity index (χ0v) is 10.4. The highest BCUT2D eigenvalue weighted by Crippen LogP contribution is 2.28. The summed E-state index contributed by atoms with van der Waals surface area (Å²) in [7, 11) is 0. The number of hydrogen-bond acceptors (Lipinski definition) is 4. The van der Waals surface area contributed by atoms with E-state index in [1.54, 1.807) is 0 Å². The standard InChI is InChI=1S/C12H13ClN2O2/c1-3-10(16)11-14-12(17-15-11)8-5-4-7(2)6-9(8)13/h4-6,10,16H,3H2,1-2H3. The quantitative estimate of drug-likeness (QED) is 0.912. The highest BCUT2D eigenvalue weighted by molar-refractivity contribution is 6.33. The van der Waals surface area contributed by atoms with Crippen LogP contribution in [0.5, 0.6) is 0 Å². The summed E-state index contributed by atoms with van der Waals surface area (Å²) in [4.78, 5) is 4.13. The fraction of sp³-hybridized carbons (Fsp3) is 0.333. The molecule has 0 spiro atoms. The summed E-state index contributed by atoms with van der Waals surface area (Å²) in [5.41, 5.74) is 1.74. The Hall–Kier alpha value is -1.39. The molecule has 0 radical (unpaired) electrons. The van der Waals surface area contributed by atoms with E-state index < -0.39 is 6.10 Å². The monoisotopic (exact) mass is 252 g/mol. The maximum Gasteiger partial charge on any atom is 0.259 e. The smallest absolute Gasteiger partial charge is 0.259 e. The molecule has 0 saturated carbocycles. The van der Waals surface area contributed by atoms with Crippen molar-refractivity contribution in [3.63, 3.8) is 0 Å². The molecule has 1 aromatic heterocycles. The molecule has 1 aromatic carbocycles. The lowest BCUT2D eigenvalue weighted by Gasteiger charge is -2.00. The van der Waals surface area contributed by atoms with E-state index in [2.05, 4.69) is 10.1 Å². The average molecular weight is 253 g/mol. The molecule has 2 rings (SSSR count). The number of hydrogen-bond donors (Lipinski definition) is 1.